The quantitative estimate of drug-likeness (QED) is 0.107. The van der Waals surface area contributed by atoms with Crippen LogP contribution < -0.4 is 0 Å². The zero-order valence-corrected chi connectivity index (χ0v) is 21.3. The van der Waals surface area contributed by atoms with Gasteiger partial charge in [-0.05, 0) is 0 Å². The topological polar surface area (TPSA) is 0 Å². The van der Waals surface area contributed by atoms with Gasteiger partial charge in [0.25, 0.3) is 0 Å². The number of hydrogen-bond acceptors (Lipinski definition) is 4. The van der Waals surface area contributed by atoms with Gasteiger partial charge in [-0.25, -0.2) is 0 Å². The first kappa shape index (κ1) is 29.2. The Morgan fingerprint density at radius 3 is 1.17 bits per heavy atom. The van der Waals surface area contributed by atoms with Crippen LogP contribution in [0.25, 0.3) is 0 Å². The van der Waals surface area contributed by atoms with Crippen LogP contribution in [0, 0.1) is 0 Å². The van der Waals surface area contributed by atoms with Gasteiger partial charge in [0.15, 0.2) is 0 Å². The van der Waals surface area contributed by atoms with E-state index in [-0.39, 0.29) is 21.1 Å². The standard InChI is InChI=1S/2C8H17.2CH2S2.Sn/c2*1-3-5-7-8-6-4-2;2*2-1-3;/h2*1,3-8H2,2H3;2*1H,(H,2,3);/q;;;;+2/p-2. The summed E-state index contributed by atoms with van der Waals surface area (Å²) in [5.74, 6) is 0. The molecule has 0 aliphatic carbocycles. The number of thiocarbonyl (C=S) groups is 2. The number of unbranched alkanes of at least 4 members (excludes halogenated alkanes) is 10. The molecule has 136 valence electrons. The Morgan fingerprint density at radius 1 is 0.609 bits per heavy atom. The monoisotopic (exact) mass is 500 g/mol. The summed E-state index contributed by atoms with van der Waals surface area (Å²) in [6.45, 7) is 4.60. The summed E-state index contributed by atoms with van der Waals surface area (Å²) >= 11 is 16.4. The molecule has 0 amide bonds. The molecular formula is C18H36S4Sn. The zero-order chi connectivity index (χ0) is 18.0. The van der Waals surface area contributed by atoms with E-state index >= 15 is 0 Å². The predicted octanol–water partition coefficient (Wildman–Crippen LogP) is 7.23. The van der Waals surface area contributed by atoms with Crippen LogP contribution in [0.1, 0.15) is 90.9 Å². The summed E-state index contributed by atoms with van der Waals surface area (Å²) in [5.41, 5.74) is 0. The molecule has 23 heavy (non-hydrogen) atoms. The Kier molecular flexibility index (Phi) is 44.0. The Morgan fingerprint density at radius 2 is 0.870 bits per heavy atom. The minimum atomic E-state index is 0.0736. The predicted molar refractivity (Wildman–Crippen MR) is 124 cm³/mol. The van der Waals surface area contributed by atoms with E-state index in [1.807, 2.05) is 0 Å². The van der Waals surface area contributed by atoms with Crippen LogP contribution in [0.4, 0.5) is 0 Å². The summed E-state index contributed by atoms with van der Waals surface area (Å²) < 4.78 is 5.65. The van der Waals surface area contributed by atoms with Crippen LogP contribution in [-0.4, -0.2) is 30.5 Å². The van der Waals surface area contributed by atoms with Crippen molar-refractivity contribution in [3.8, 4) is 0 Å². The third-order valence-electron chi connectivity index (χ3n) is 3.41. The molecule has 0 heterocycles. The second-order valence-corrected chi connectivity index (χ2v) is 11.3. The first-order valence-electron chi connectivity index (χ1n) is 9.06. The molecule has 0 aromatic heterocycles. The van der Waals surface area contributed by atoms with Gasteiger partial charge in [0.1, 0.15) is 0 Å². The van der Waals surface area contributed by atoms with Crippen LogP contribution >= 0.6 is 24.4 Å². The molecule has 0 saturated heterocycles. The van der Waals surface area contributed by atoms with E-state index in [9.17, 15) is 0 Å². The van der Waals surface area contributed by atoms with Crippen LogP contribution in [0.3, 0.4) is 0 Å². The van der Waals surface area contributed by atoms with E-state index in [4.69, 9.17) is 0 Å². The summed E-state index contributed by atoms with van der Waals surface area (Å²) in [6, 6.07) is 0. The fraction of sp³-hybridized carbons (Fsp3) is 0.889. The zero-order valence-electron chi connectivity index (χ0n) is 15.2. The van der Waals surface area contributed by atoms with Crippen LogP contribution in [0.2, 0.25) is 8.87 Å². The summed E-state index contributed by atoms with van der Waals surface area (Å²) in [7, 11) is 0. The summed E-state index contributed by atoms with van der Waals surface area (Å²) in [6.07, 6.45) is 17.8. The van der Waals surface area contributed by atoms with Gasteiger partial charge in [-0.2, -0.15) is 9.40 Å². The van der Waals surface area contributed by atoms with Gasteiger partial charge >= 0.3 is 121 Å². The van der Waals surface area contributed by atoms with Crippen molar-refractivity contribution < 1.29 is 0 Å². The Balaban J connectivity index is -0.000000573. The van der Waals surface area contributed by atoms with Gasteiger partial charge in [0, 0.05) is 0 Å². The maximum atomic E-state index is 4.08. The molecule has 0 saturated carbocycles. The van der Waals surface area contributed by atoms with Crippen LogP contribution in [0.15, 0.2) is 0 Å². The van der Waals surface area contributed by atoms with E-state index in [0.717, 1.165) is 0 Å². The fourth-order valence-electron chi connectivity index (χ4n) is 2.19. The van der Waals surface area contributed by atoms with Crippen LogP contribution in [-0.2, 0) is 25.3 Å². The average Bonchev–Trinajstić information content (AvgIpc) is 2.53. The number of hydrogen-bond donors (Lipinski definition) is 0. The number of rotatable bonds is 14. The fourth-order valence-corrected chi connectivity index (χ4v) is 5.75. The van der Waals surface area contributed by atoms with Crippen molar-refractivity contribution in [2.24, 2.45) is 0 Å². The van der Waals surface area contributed by atoms with E-state index < -0.39 is 0 Å². The van der Waals surface area contributed by atoms with E-state index in [1.165, 1.54) is 73.6 Å². The van der Waals surface area contributed by atoms with Crippen molar-refractivity contribution in [2.45, 2.75) is 99.8 Å². The third kappa shape index (κ3) is 45.2. The Hall–Kier alpha value is 1.42. The van der Waals surface area contributed by atoms with Crippen molar-refractivity contribution in [3.63, 3.8) is 0 Å². The van der Waals surface area contributed by atoms with Crippen molar-refractivity contribution in [1.29, 1.82) is 0 Å². The molecular weight excluding hydrogens is 463 g/mol. The van der Waals surface area contributed by atoms with Gasteiger partial charge in [0.05, 0.1) is 0 Å². The van der Waals surface area contributed by atoms with Gasteiger partial charge in [-0.3, -0.25) is 0 Å². The van der Waals surface area contributed by atoms with Crippen molar-refractivity contribution in [3.05, 3.63) is 0 Å². The maximum Gasteiger partial charge on any atom is -0.167 e. The van der Waals surface area contributed by atoms with Gasteiger partial charge < -0.3 is 49.7 Å². The van der Waals surface area contributed by atoms with E-state index in [2.05, 4.69) is 63.5 Å². The molecule has 0 aromatic carbocycles. The molecule has 0 atom stereocenters. The minimum Gasteiger partial charge on any atom is -0.436 e. The van der Waals surface area contributed by atoms with Crippen molar-refractivity contribution >= 4 is 80.2 Å². The molecule has 0 fully saturated rings. The molecule has 0 unspecified atom stereocenters. The maximum absolute atomic E-state index is 4.08. The second-order valence-electron chi connectivity index (χ2n) is 5.48. The molecule has 0 aliphatic heterocycles. The van der Waals surface area contributed by atoms with Gasteiger partial charge in [0.2, 0.25) is 0 Å². The molecule has 0 rings (SSSR count). The minimum absolute atomic E-state index is 0.0736. The first-order valence-corrected chi connectivity index (χ1v) is 15.0. The summed E-state index contributed by atoms with van der Waals surface area (Å²) in [5, 5.41) is 0. The molecule has 0 radical (unpaired) electrons. The normalized spacial score (nSPS) is 8.78. The van der Waals surface area contributed by atoms with E-state index in [1.54, 1.807) is 21.7 Å². The Bertz CT molecular complexity index is 181. The molecule has 0 aromatic rings. The van der Waals surface area contributed by atoms with Gasteiger partial charge in [-0.1, -0.05) is 0 Å². The molecule has 0 nitrogen and oxygen atoms in total. The summed E-state index contributed by atoms with van der Waals surface area (Å²) in [4.78, 5) is 0. The molecule has 0 bridgehead atoms. The molecule has 0 aliphatic rings. The molecule has 0 N–H and O–H groups in total. The SMILES string of the molecule is CCCCCCC[CH2][Sn+2][CH2]CCCCCCC.S=C[S-].S=C[S-]. The second kappa shape index (κ2) is 34.7. The average molecular weight is 499 g/mol. The van der Waals surface area contributed by atoms with Crippen molar-refractivity contribution in [1.82, 2.24) is 0 Å². The smallest absolute Gasteiger partial charge is 0.167 e. The van der Waals surface area contributed by atoms with E-state index in [0.29, 0.717) is 0 Å². The molecule has 0 spiro atoms. The first-order chi connectivity index (χ1) is 11.2. The largest absolute Gasteiger partial charge is 0.436 e. The third-order valence-corrected chi connectivity index (χ3v) is 7.45. The Labute approximate surface area is 178 Å². The molecule has 5 heteroatoms. The van der Waals surface area contributed by atoms with Crippen LogP contribution in [0.5, 0.6) is 0 Å². The van der Waals surface area contributed by atoms with Crippen molar-refractivity contribution in [2.75, 3.05) is 0 Å². The van der Waals surface area contributed by atoms with Gasteiger partial charge in [-0.15, -0.1) is 0 Å².